The summed E-state index contributed by atoms with van der Waals surface area (Å²) >= 11 is 0. The van der Waals surface area contributed by atoms with Crippen LogP contribution in [0.1, 0.15) is 5.56 Å². The fourth-order valence-corrected chi connectivity index (χ4v) is 2.75. The summed E-state index contributed by atoms with van der Waals surface area (Å²) in [5, 5.41) is 11.9. The van der Waals surface area contributed by atoms with E-state index in [4.69, 9.17) is 9.79 Å². The van der Waals surface area contributed by atoms with E-state index < -0.39 is 19.6 Å². The summed E-state index contributed by atoms with van der Waals surface area (Å²) in [5.41, 5.74) is 2.96. The maximum atomic E-state index is 11.3. The third-order valence-corrected chi connectivity index (χ3v) is 4.40. The molecule has 1 atom stereocenters. The standard InChI is InChI=1S/C17H20NO5P/c19-17(20)16(18-10-11-24(21,22)23)12-13-6-8-15(9-7-13)14-4-2-1-3-5-14/h1-9,16,18H,10-12H2,(H,19,20)(H2,21,22,23)/t16-/m0/s1. The van der Waals surface area contributed by atoms with Crippen LogP contribution < -0.4 is 5.32 Å². The van der Waals surface area contributed by atoms with Crippen LogP contribution in [0.25, 0.3) is 11.1 Å². The first-order valence-electron chi connectivity index (χ1n) is 7.50. The largest absolute Gasteiger partial charge is 0.480 e. The number of rotatable bonds is 8. The summed E-state index contributed by atoms with van der Waals surface area (Å²) in [4.78, 5) is 28.9. The van der Waals surface area contributed by atoms with Gasteiger partial charge in [0.05, 0.1) is 6.16 Å². The van der Waals surface area contributed by atoms with Gasteiger partial charge in [-0.25, -0.2) is 0 Å². The lowest BCUT2D eigenvalue weighted by Crippen LogP contribution is -2.39. The summed E-state index contributed by atoms with van der Waals surface area (Å²) < 4.78 is 10.8. The Morgan fingerprint density at radius 2 is 1.58 bits per heavy atom. The first-order valence-corrected chi connectivity index (χ1v) is 9.30. The predicted octanol–water partition coefficient (Wildman–Crippen LogP) is 2.12. The van der Waals surface area contributed by atoms with Crippen LogP contribution in [0.15, 0.2) is 54.6 Å². The van der Waals surface area contributed by atoms with Crippen molar-refractivity contribution in [2.75, 3.05) is 12.7 Å². The number of benzene rings is 2. The minimum Gasteiger partial charge on any atom is -0.480 e. The Balaban J connectivity index is 1.99. The van der Waals surface area contributed by atoms with E-state index in [2.05, 4.69) is 5.32 Å². The molecule has 2 aromatic rings. The first kappa shape index (κ1) is 18.4. The molecule has 0 aromatic heterocycles. The van der Waals surface area contributed by atoms with Crippen LogP contribution in [0.3, 0.4) is 0 Å². The smallest absolute Gasteiger partial charge is 0.326 e. The molecule has 6 nitrogen and oxygen atoms in total. The second-order valence-corrected chi connectivity index (χ2v) is 7.28. The predicted molar refractivity (Wildman–Crippen MR) is 91.9 cm³/mol. The molecule has 0 aliphatic heterocycles. The molecule has 24 heavy (non-hydrogen) atoms. The molecule has 0 amide bonds. The number of carboxylic acids is 1. The fourth-order valence-electron chi connectivity index (χ4n) is 2.33. The van der Waals surface area contributed by atoms with Crippen LogP contribution in [0.2, 0.25) is 0 Å². The monoisotopic (exact) mass is 349 g/mol. The molecule has 0 fully saturated rings. The molecule has 4 N–H and O–H groups in total. The summed E-state index contributed by atoms with van der Waals surface area (Å²) in [6.07, 6.45) is -0.144. The average Bonchev–Trinajstić information content (AvgIpc) is 2.54. The molecule has 0 bridgehead atoms. The summed E-state index contributed by atoms with van der Waals surface area (Å²) in [6.45, 7) is -0.0522. The van der Waals surface area contributed by atoms with Crippen molar-refractivity contribution in [2.45, 2.75) is 12.5 Å². The minimum absolute atomic E-state index is 0.0522. The van der Waals surface area contributed by atoms with Gasteiger partial charge in [-0.2, -0.15) is 0 Å². The zero-order valence-electron chi connectivity index (χ0n) is 13.0. The highest BCUT2D eigenvalue weighted by molar-refractivity contribution is 7.51. The molecular formula is C17H20NO5P. The minimum atomic E-state index is -4.13. The molecule has 2 aromatic carbocycles. The molecule has 0 radical (unpaired) electrons. The fraction of sp³-hybridized carbons (Fsp3) is 0.235. The number of hydrogen-bond acceptors (Lipinski definition) is 3. The second kappa shape index (κ2) is 8.22. The molecule has 7 heteroatoms. The summed E-state index contributed by atoms with van der Waals surface area (Å²) in [6, 6.07) is 16.5. The number of carbonyl (C=O) groups is 1. The van der Waals surface area contributed by atoms with Crippen molar-refractivity contribution in [3.8, 4) is 11.1 Å². The van der Waals surface area contributed by atoms with Crippen LogP contribution in [0, 0.1) is 0 Å². The van der Waals surface area contributed by atoms with Crippen molar-refractivity contribution in [2.24, 2.45) is 0 Å². The zero-order chi connectivity index (χ0) is 17.6. The first-order chi connectivity index (χ1) is 11.3. The van der Waals surface area contributed by atoms with Crippen LogP contribution in [-0.2, 0) is 15.8 Å². The third-order valence-electron chi connectivity index (χ3n) is 3.59. The highest BCUT2D eigenvalue weighted by Gasteiger charge is 2.19. The Kier molecular flexibility index (Phi) is 6.29. The van der Waals surface area contributed by atoms with E-state index >= 15 is 0 Å². The Labute approximate surface area is 140 Å². The van der Waals surface area contributed by atoms with Gasteiger partial charge in [-0.05, 0) is 23.1 Å². The van der Waals surface area contributed by atoms with Gasteiger partial charge in [0.25, 0.3) is 0 Å². The average molecular weight is 349 g/mol. The van der Waals surface area contributed by atoms with Crippen LogP contribution in [0.4, 0.5) is 0 Å². The van der Waals surface area contributed by atoms with E-state index in [1.807, 2.05) is 54.6 Å². The van der Waals surface area contributed by atoms with Crippen molar-refractivity contribution in [1.29, 1.82) is 0 Å². The Hall–Kier alpha value is -1.98. The van der Waals surface area contributed by atoms with E-state index in [9.17, 15) is 14.5 Å². The van der Waals surface area contributed by atoms with Gasteiger partial charge < -0.3 is 20.2 Å². The van der Waals surface area contributed by atoms with E-state index in [0.29, 0.717) is 0 Å². The summed E-state index contributed by atoms with van der Waals surface area (Å²) in [7, 11) is -4.13. The molecule has 0 saturated heterocycles. The van der Waals surface area contributed by atoms with Gasteiger partial charge in [0, 0.05) is 6.54 Å². The van der Waals surface area contributed by atoms with Crippen molar-refractivity contribution < 1.29 is 24.3 Å². The molecular weight excluding hydrogens is 329 g/mol. The number of aliphatic carboxylic acids is 1. The van der Waals surface area contributed by atoms with E-state index in [1.54, 1.807) is 0 Å². The second-order valence-electron chi connectivity index (χ2n) is 5.50. The van der Waals surface area contributed by atoms with Crippen LogP contribution >= 0.6 is 7.60 Å². The quantitative estimate of drug-likeness (QED) is 0.544. The van der Waals surface area contributed by atoms with E-state index in [1.165, 1.54) is 0 Å². The van der Waals surface area contributed by atoms with Gasteiger partial charge in [-0.3, -0.25) is 9.36 Å². The van der Waals surface area contributed by atoms with Gasteiger partial charge in [0.1, 0.15) is 6.04 Å². The van der Waals surface area contributed by atoms with Crippen molar-refractivity contribution in [3.63, 3.8) is 0 Å². The number of nitrogens with one attached hydrogen (secondary N) is 1. The van der Waals surface area contributed by atoms with Crippen molar-refractivity contribution >= 4 is 13.6 Å². The lowest BCUT2D eigenvalue weighted by molar-refractivity contribution is -0.139. The van der Waals surface area contributed by atoms with Gasteiger partial charge in [0.15, 0.2) is 0 Å². The molecule has 128 valence electrons. The highest BCUT2D eigenvalue weighted by Crippen LogP contribution is 2.32. The van der Waals surface area contributed by atoms with Crippen LogP contribution in [-0.4, -0.2) is 39.6 Å². The molecule has 0 spiro atoms. The molecule has 2 rings (SSSR count). The molecule has 0 heterocycles. The number of hydrogen-bond donors (Lipinski definition) is 4. The molecule has 0 saturated carbocycles. The highest BCUT2D eigenvalue weighted by atomic mass is 31.2. The van der Waals surface area contributed by atoms with Gasteiger partial charge >= 0.3 is 13.6 Å². The van der Waals surface area contributed by atoms with Crippen LogP contribution in [0.5, 0.6) is 0 Å². The van der Waals surface area contributed by atoms with E-state index in [0.717, 1.165) is 16.7 Å². The molecule has 0 aliphatic carbocycles. The Morgan fingerprint density at radius 1 is 1.00 bits per heavy atom. The molecule has 0 aliphatic rings. The van der Waals surface area contributed by atoms with Gasteiger partial charge in [-0.15, -0.1) is 0 Å². The Morgan fingerprint density at radius 3 is 2.12 bits per heavy atom. The normalized spacial score (nSPS) is 12.8. The maximum absolute atomic E-state index is 11.3. The number of carboxylic acid groups (broad SMARTS) is 1. The topological polar surface area (TPSA) is 107 Å². The van der Waals surface area contributed by atoms with Crippen molar-refractivity contribution in [3.05, 3.63) is 60.2 Å². The van der Waals surface area contributed by atoms with E-state index in [-0.39, 0.29) is 19.1 Å². The maximum Gasteiger partial charge on any atom is 0.326 e. The van der Waals surface area contributed by atoms with Gasteiger partial charge in [0.2, 0.25) is 0 Å². The lowest BCUT2D eigenvalue weighted by Gasteiger charge is -2.15. The molecule has 0 unspecified atom stereocenters. The zero-order valence-corrected chi connectivity index (χ0v) is 13.9. The third kappa shape index (κ3) is 5.91. The SMILES string of the molecule is O=C(O)[C@H](Cc1ccc(-c2ccccc2)cc1)NCCP(=O)(O)O. The Bertz CT molecular complexity index is 712. The van der Waals surface area contributed by atoms with Gasteiger partial charge in [-0.1, -0.05) is 54.6 Å². The lowest BCUT2D eigenvalue weighted by atomic mass is 10.0. The van der Waals surface area contributed by atoms with Crippen molar-refractivity contribution in [1.82, 2.24) is 5.32 Å². The summed E-state index contributed by atoms with van der Waals surface area (Å²) in [5.74, 6) is -1.05.